The van der Waals surface area contributed by atoms with Gasteiger partial charge in [-0.25, -0.2) is 0 Å². The minimum atomic E-state index is -1.16. The fourth-order valence-electron chi connectivity index (χ4n) is 11.7. The smallest absolute Gasteiger partial charge is 0.303 e. The van der Waals surface area contributed by atoms with E-state index >= 15 is 0 Å². The van der Waals surface area contributed by atoms with E-state index in [4.69, 9.17) is 28.4 Å². The van der Waals surface area contributed by atoms with Gasteiger partial charge in [0.2, 0.25) is 0 Å². The van der Waals surface area contributed by atoms with Crippen LogP contribution in [-0.2, 0) is 33.2 Å². The maximum absolute atomic E-state index is 13.4. The first-order valence-corrected chi connectivity index (χ1v) is 13.7. The summed E-state index contributed by atoms with van der Waals surface area (Å²) in [6.45, 7) is 7.72. The van der Waals surface area contributed by atoms with E-state index in [1.54, 1.807) is 21.3 Å². The predicted molar refractivity (Wildman–Crippen MR) is 126 cm³/mol. The highest BCUT2D eigenvalue weighted by Gasteiger charge is 2.97. The van der Waals surface area contributed by atoms with E-state index in [1.165, 1.54) is 6.92 Å². The van der Waals surface area contributed by atoms with Gasteiger partial charge in [-0.05, 0) is 31.2 Å². The first-order valence-electron chi connectivity index (χ1n) is 13.7. The molecule has 2 saturated heterocycles. The van der Waals surface area contributed by atoms with Crippen molar-refractivity contribution in [3.05, 3.63) is 0 Å². The lowest BCUT2D eigenvalue weighted by molar-refractivity contribution is -0.332. The molecule has 36 heavy (non-hydrogen) atoms. The number of esters is 1. The molecular weight excluding hydrogens is 466 g/mol. The third-order valence-electron chi connectivity index (χ3n) is 12.2. The van der Waals surface area contributed by atoms with Gasteiger partial charge >= 0.3 is 5.97 Å². The van der Waals surface area contributed by atoms with Crippen LogP contribution in [0.2, 0.25) is 0 Å². The fraction of sp³-hybridized carbons (Fsp3) is 0.963. The van der Waals surface area contributed by atoms with E-state index in [0.717, 1.165) is 25.9 Å². The minimum absolute atomic E-state index is 0.0317. The first kappa shape index (κ1) is 24.2. The van der Waals surface area contributed by atoms with Crippen molar-refractivity contribution in [2.24, 2.45) is 28.6 Å². The number of carbonyl (C=O) groups excluding carboxylic acids is 1. The van der Waals surface area contributed by atoms with Crippen LogP contribution >= 0.6 is 0 Å². The van der Waals surface area contributed by atoms with Gasteiger partial charge in [0.15, 0.2) is 5.60 Å². The Morgan fingerprint density at radius 1 is 1.11 bits per heavy atom. The second kappa shape index (κ2) is 7.23. The Morgan fingerprint density at radius 2 is 1.89 bits per heavy atom. The van der Waals surface area contributed by atoms with Gasteiger partial charge in [-0.1, -0.05) is 13.8 Å². The number of methoxy groups -OCH3 is 3. The number of piperidine rings is 1. The molecule has 0 aromatic rings. The van der Waals surface area contributed by atoms with Crippen LogP contribution in [-0.4, -0.2) is 104 Å². The fourth-order valence-corrected chi connectivity index (χ4v) is 11.7. The molecule has 7 fully saturated rings. The van der Waals surface area contributed by atoms with Crippen LogP contribution in [0.15, 0.2) is 0 Å². The lowest BCUT2D eigenvalue weighted by Crippen LogP contribution is -2.85. The average Bonchev–Trinajstić information content (AvgIpc) is 3.40. The van der Waals surface area contributed by atoms with Crippen molar-refractivity contribution in [2.45, 2.75) is 93.7 Å². The minimum Gasteiger partial charge on any atom is -0.459 e. The van der Waals surface area contributed by atoms with Gasteiger partial charge in [-0.3, -0.25) is 9.69 Å². The third-order valence-corrected chi connectivity index (χ3v) is 12.2. The maximum atomic E-state index is 13.4. The Morgan fingerprint density at radius 3 is 2.53 bits per heavy atom. The van der Waals surface area contributed by atoms with Crippen molar-refractivity contribution < 1.29 is 38.3 Å². The summed E-state index contributed by atoms with van der Waals surface area (Å²) in [6, 6.07) is -0.224. The number of fused-ring (bicyclic) bond motifs is 1. The van der Waals surface area contributed by atoms with Gasteiger partial charge in [-0.15, -0.1) is 0 Å². The highest BCUT2D eigenvalue weighted by atomic mass is 16.7. The van der Waals surface area contributed by atoms with Gasteiger partial charge in [-0.2, -0.15) is 0 Å². The van der Waals surface area contributed by atoms with E-state index in [2.05, 4.69) is 18.7 Å². The number of carbonyl (C=O) groups is 1. The first-order chi connectivity index (χ1) is 17.2. The van der Waals surface area contributed by atoms with E-state index in [-0.39, 0.29) is 60.3 Å². The molecule has 9 nitrogen and oxygen atoms in total. The standard InChI is InChI=1S/C27H41NO8/c1-7-28-12-23(3)9-8-17(32-5)26-20(23)21(36-14(2)29)27(22(26)28)25(34-13-35-27)11-16(31-4)15-10-24(26,30)19(25)18(15)33-6/h15-22,30H,7-13H2,1-6H3/t15?,16?,17?,18-,19?,20?,21-,22-,23-,24-,25+,26?,27-/m0/s1. The molecule has 7 bridgehead atoms. The van der Waals surface area contributed by atoms with Crippen LogP contribution in [0.4, 0.5) is 0 Å². The molecule has 5 saturated carbocycles. The average molecular weight is 508 g/mol. The maximum Gasteiger partial charge on any atom is 0.303 e. The number of likely N-dealkylation sites (tertiary alicyclic amines) is 1. The summed E-state index contributed by atoms with van der Waals surface area (Å²) < 4.78 is 38.7. The van der Waals surface area contributed by atoms with Crippen molar-refractivity contribution in [1.82, 2.24) is 4.90 Å². The van der Waals surface area contributed by atoms with Gasteiger partial charge < -0.3 is 33.5 Å². The topological polar surface area (TPSA) is 95.9 Å². The van der Waals surface area contributed by atoms with Crippen molar-refractivity contribution in [3.8, 4) is 0 Å². The van der Waals surface area contributed by atoms with E-state index in [1.807, 2.05) is 0 Å². The number of hydrogen-bond donors (Lipinski definition) is 1. The summed E-state index contributed by atoms with van der Waals surface area (Å²) in [6.07, 6.45) is 1.69. The molecular formula is C27H41NO8. The molecule has 202 valence electrons. The van der Waals surface area contributed by atoms with Gasteiger partial charge in [0.25, 0.3) is 0 Å². The second-order valence-electron chi connectivity index (χ2n) is 12.9. The molecule has 0 aromatic carbocycles. The Bertz CT molecular complexity index is 979. The zero-order valence-corrected chi connectivity index (χ0v) is 22.3. The monoisotopic (exact) mass is 507 g/mol. The molecule has 2 heterocycles. The molecule has 3 spiro atoms. The van der Waals surface area contributed by atoms with Crippen molar-refractivity contribution in [2.75, 3.05) is 41.2 Å². The molecule has 9 heteroatoms. The SMILES string of the molecule is CCN1C[C@]2(C)CCC(OC)C34C2[C@H](OC(C)=O)[C@]2(OCO[C@@]25CC(OC)C2C[C@]3(O)C5[C@H]2OC)[C@@H]14. The van der Waals surface area contributed by atoms with Crippen LogP contribution < -0.4 is 0 Å². The molecule has 7 aliphatic rings. The third kappa shape index (κ3) is 2.16. The quantitative estimate of drug-likeness (QED) is 0.553. The number of ether oxygens (including phenoxy) is 6. The van der Waals surface area contributed by atoms with Crippen LogP contribution in [0.25, 0.3) is 0 Å². The van der Waals surface area contributed by atoms with Gasteiger partial charge in [0.05, 0.1) is 35.4 Å². The van der Waals surface area contributed by atoms with Crippen LogP contribution in [0.5, 0.6) is 0 Å². The number of rotatable bonds is 5. The molecule has 7 rings (SSSR count). The summed E-state index contributed by atoms with van der Waals surface area (Å²) in [5.74, 6) is -0.771. The Hall–Kier alpha value is -0.810. The summed E-state index contributed by atoms with van der Waals surface area (Å²) >= 11 is 0. The van der Waals surface area contributed by atoms with Crippen LogP contribution in [0.3, 0.4) is 0 Å². The van der Waals surface area contributed by atoms with E-state index in [0.29, 0.717) is 12.8 Å². The van der Waals surface area contributed by atoms with Gasteiger partial charge in [0, 0.05) is 59.0 Å². The highest BCUT2D eigenvalue weighted by Crippen LogP contribution is 2.83. The Labute approximate surface area is 213 Å². The summed E-state index contributed by atoms with van der Waals surface area (Å²) in [4.78, 5) is 15.3. The molecule has 0 aromatic heterocycles. The van der Waals surface area contributed by atoms with Gasteiger partial charge in [0.1, 0.15) is 18.5 Å². The Balaban J connectivity index is 1.61. The van der Waals surface area contributed by atoms with E-state index < -0.39 is 28.3 Å². The molecule has 5 aliphatic carbocycles. The normalized spacial score (nSPS) is 60.2. The Kier molecular flexibility index (Phi) is 4.87. The predicted octanol–water partition coefficient (Wildman–Crippen LogP) is 1.35. The molecule has 1 N–H and O–H groups in total. The summed E-state index contributed by atoms with van der Waals surface area (Å²) in [7, 11) is 5.23. The van der Waals surface area contributed by atoms with Crippen molar-refractivity contribution in [1.29, 1.82) is 0 Å². The lowest BCUT2D eigenvalue weighted by Gasteiger charge is -2.71. The molecule has 6 unspecified atom stereocenters. The highest BCUT2D eigenvalue weighted by molar-refractivity contribution is 5.67. The second-order valence-corrected chi connectivity index (χ2v) is 12.9. The van der Waals surface area contributed by atoms with Crippen molar-refractivity contribution in [3.63, 3.8) is 0 Å². The number of nitrogens with zero attached hydrogens (tertiary/aromatic N) is 1. The van der Waals surface area contributed by atoms with Crippen molar-refractivity contribution >= 4 is 5.97 Å². The molecule has 13 atom stereocenters. The molecule has 0 radical (unpaired) electrons. The molecule has 0 amide bonds. The zero-order chi connectivity index (χ0) is 25.5. The zero-order valence-electron chi connectivity index (χ0n) is 22.3. The number of aliphatic hydroxyl groups is 1. The largest absolute Gasteiger partial charge is 0.459 e. The lowest BCUT2D eigenvalue weighted by atomic mass is 9.41. The number of likely N-dealkylation sites (N-methyl/N-ethyl adjacent to an activating group) is 1. The summed E-state index contributed by atoms with van der Waals surface area (Å²) in [5, 5.41) is 13.4. The van der Waals surface area contributed by atoms with Crippen LogP contribution in [0.1, 0.15) is 46.5 Å². The number of hydrogen-bond acceptors (Lipinski definition) is 9. The van der Waals surface area contributed by atoms with E-state index in [9.17, 15) is 9.90 Å². The molecule has 2 aliphatic heterocycles. The van der Waals surface area contributed by atoms with Crippen LogP contribution in [0, 0.1) is 28.6 Å². The summed E-state index contributed by atoms with van der Waals surface area (Å²) in [5.41, 5.74) is -3.94.